The van der Waals surface area contributed by atoms with Crippen molar-refractivity contribution in [3.8, 4) is 0 Å². The van der Waals surface area contributed by atoms with Gasteiger partial charge in [-0.25, -0.2) is 0 Å². The molecule has 0 rings (SSSR count). The third-order valence-corrected chi connectivity index (χ3v) is 13.1. The van der Waals surface area contributed by atoms with E-state index in [-0.39, 0.29) is 17.0 Å². The molecule has 0 aromatic heterocycles. The molecule has 50 heavy (non-hydrogen) atoms. The molecule has 0 nitrogen and oxygen atoms in total. The standard InChI is InChI=1S/C48H100P.BrH/c1-5-6-7-8-9-10-11-12-13-14-15-16-17-18-19-20-21-22-23-24-25-26-27-28-29-30-31-32-33-34-35-36-37-38-39-40-41-42-43-44-45-46-47-48-49(2,3)4;/h5-48H2,1-4H3;1H/q+1;/p-1. The first kappa shape index (κ1) is 53.0. The summed E-state index contributed by atoms with van der Waals surface area (Å²) in [5.41, 5.74) is 0. The Morgan fingerprint density at radius 1 is 0.200 bits per heavy atom. The van der Waals surface area contributed by atoms with Gasteiger partial charge in [-0.3, -0.25) is 0 Å². The predicted octanol–water partition coefficient (Wildman–Crippen LogP) is 15.7. The lowest BCUT2D eigenvalue weighted by atomic mass is 10.0. The maximum atomic E-state index is 2.49. The third kappa shape index (κ3) is 51.0. The summed E-state index contributed by atoms with van der Waals surface area (Å²) in [5, 5.41) is 0. The highest BCUT2D eigenvalue weighted by atomic mass is 79.9. The first-order chi connectivity index (χ1) is 24.1. The Balaban J connectivity index is 0. The minimum atomic E-state index is -0.523. The molecule has 0 aliphatic heterocycles. The summed E-state index contributed by atoms with van der Waals surface area (Å²) >= 11 is 0. The molecular formula is C48H100BrP. The number of unbranched alkanes of at least 4 members (excludes halogenated alkanes) is 42. The molecule has 0 N–H and O–H groups in total. The summed E-state index contributed by atoms with van der Waals surface area (Å²) in [6, 6.07) is 0. The summed E-state index contributed by atoms with van der Waals surface area (Å²) in [4.78, 5) is 0. The van der Waals surface area contributed by atoms with Crippen LogP contribution in [0.1, 0.15) is 283 Å². The van der Waals surface area contributed by atoms with Crippen LogP contribution in [0, 0.1) is 0 Å². The largest absolute Gasteiger partial charge is 1.00 e. The third-order valence-electron chi connectivity index (χ3n) is 11.4. The van der Waals surface area contributed by atoms with Crippen LogP contribution in [0.4, 0.5) is 0 Å². The van der Waals surface area contributed by atoms with E-state index in [0.29, 0.717) is 0 Å². The molecule has 0 heterocycles. The van der Waals surface area contributed by atoms with Gasteiger partial charge >= 0.3 is 0 Å². The summed E-state index contributed by atoms with van der Waals surface area (Å²) < 4.78 is 0. The van der Waals surface area contributed by atoms with Crippen molar-refractivity contribution >= 4 is 7.26 Å². The molecule has 0 unspecified atom stereocenters. The minimum absolute atomic E-state index is 0. The van der Waals surface area contributed by atoms with Gasteiger partial charge in [-0.15, -0.1) is 0 Å². The van der Waals surface area contributed by atoms with Gasteiger partial charge in [0.05, 0.1) is 6.16 Å². The molecule has 0 aliphatic carbocycles. The number of hydrogen-bond acceptors (Lipinski definition) is 0. The average Bonchev–Trinajstić information content (AvgIpc) is 3.08. The van der Waals surface area contributed by atoms with Crippen LogP contribution in [0.3, 0.4) is 0 Å². The van der Waals surface area contributed by atoms with Crippen LogP contribution in [-0.2, 0) is 0 Å². The van der Waals surface area contributed by atoms with Crippen molar-refractivity contribution in [3.63, 3.8) is 0 Å². The van der Waals surface area contributed by atoms with Crippen LogP contribution in [0.5, 0.6) is 0 Å². The molecule has 0 saturated carbocycles. The van der Waals surface area contributed by atoms with Crippen molar-refractivity contribution < 1.29 is 17.0 Å². The Morgan fingerprint density at radius 2 is 0.320 bits per heavy atom. The highest BCUT2D eigenvalue weighted by molar-refractivity contribution is 7.73. The molecule has 2 heteroatoms. The lowest BCUT2D eigenvalue weighted by Gasteiger charge is -2.10. The fourth-order valence-corrected chi connectivity index (χ4v) is 9.08. The van der Waals surface area contributed by atoms with E-state index < -0.39 is 7.26 Å². The minimum Gasteiger partial charge on any atom is -1.00 e. The molecule has 0 amide bonds. The Bertz CT molecular complexity index is 569. The van der Waals surface area contributed by atoms with Crippen molar-refractivity contribution in [1.29, 1.82) is 0 Å². The summed E-state index contributed by atoms with van der Waals surface area (Å²) in [5.74, 6) is 0. The Hall–Kier alpha value is 0.910. The normalized spacial score (nSPS) is 11.8. The number of rotatable bonds is 44. The van der Waals surface area contributed by atoms with E-state index in [0.717, 1.165) is 0 Å². The summed E-state index contributed by atoms with van der Waals surface area (Å²) in [6.45, 7) is 9.77. The van der Waals surface area contributed by atoms with Gasteiger partial charge < -0.3 is 17.0 Å². The van der Waals surface area contributed by atoms with E-state index in [9.17, 15) is 0 Å². The highest BCUT2D eigenvalue weighted by Crippen LogP contribution is 2.47. The molecule has 0 saturated heterocycles. The van der Waals surface area contributed by atoms with Crippen LogP contribution in [0.25, 0.3) is 0 Å². The Labute approximate surface area is 331 Å². The van der Waals surface area contributed by atoms with Gasteiger partial charge in [0.15, 0.2) is 0 Å². The molecule has 0 aromatic rings. The smallest absolute Gasteiger partial charge is 0.0586 e. The number of halogens is 1. The SMILES string of the molecule is CCCCCCCCCCCCCCCCCCCCCCCCCCCCCCCCCCCCCCCCCCCCC[P+](C)(C)C.[Br-]. The maximum Gasteiger partial charge on any atom is 0.0586 e. The van der Waals surface area contributed by atoms with Gasteiger partial charge in [-0.2, -0.15) is 0 Å². The second kappa shape index (κ2) is 46.1. The van der Waals surface area contributed by atoms with E-state index in [1.165, 1.54) is 282 Å². The second-order valence-electron chi connectivity index (χ2n) is 17.9. The quantitative estimate of drug-likeness (QED) is 0.0426. The lowest BCUT2D eigenvalue weighted by Crippen LogP contribution is -3.00. The lowest BCUT2D eigenvalue weighted by molar-refractivity contribution is -0.0000111. The van der Waals surface area contributed by atoms with Crippen molar-refractivity contribution in [2.24, 2.45) is 0 Å². The Kier molecular flexibility index (Phi) is 48.8. The monoisotopic (exact) mass is 787 g/mol. The van der Waals surface area contributed by atoms with Gasteiger partial charge in [-0.1, -0.05) is 270 Å². The zero-order valence-electron chi connectivity index (χ0n) is 35.9. The topological polar surface area (TPSA) is 0 Å². The van der Waals surface area contributed by atoms with Crippen molar-refractivity contribution in [1.82, 2.24) is 0 Å². The molecule has 0 spiro atoms. The molecule has 0 radical (unpaired) electrons. The van der Waals surface area contributed by atoms with Gasteiger partial charge in [0, 0.05) is 27.3 Å². The first-order valence-electron chi connectivity index (χ1n) is 23.9. The maximum absolute atomic E-state index is 2.49. The second-order valence-corrected chi connectivity index (χ2v) is 22.9. The molecule has 0 aromatic carbocycles. The van der Waals surface area contributed by atoms with E-state index in [2.05, 4.69) is 26.9 Å². The predicted molar refractivity (Wildman–Crippen MR) is 234 cm³/mol. The van der Waals surface area contributed by atoms with Crippen LogP contribution < -0.4 is 17.0 Å². The van der Waals surface area contributed by atoms with E-state index >= 15 is 0 Å². The van der Waals surface area contributed by atoms with Gasteiger partial charge in [-0.05, 0) is 12.8 Å². The van der Waals surface area contributed by atoms with Crippen molar-refractivity contribution in [2.75, 3.05) is 26.2 Å². The fraction of sp³-hybridized carbons (Fsp3) is 1.00. The highest BCUT2D eigenvalue weighted by Gasteiger charge is 2.15. The van der Waals surface area contributed by atoms with E-state index in [1.54, 1.807) is 0 Å². The van der Waals surface area contributed by atoms with Gasteiger partial charge in [0.2, 0.25) is 0 Å². The molecule has 0 bridgehead atoms. The summed E-state index contributed by atoms with van der Waals surface area (Å²) in [6.07, 6.45) is 65.6. The van der Waals surface area contributed by atoms with E-state index in [1.807, 2.05) is 0 Å². The van der Waals surface area contributed by atoms with Crippen LogP contribution >= 0.6 is 7.26 Å². The summed E-state index contributed by atoms with van der Waals surface area (Å²) in [7, 11) is -0.523. The molecule has 0 atom stereocenters. The zero-order chi connectivity index (χ0) is 35.6. The fourth-order valence-electron chi connectivity index (χ4n) is 7.91. The van der Waals surface area contributed by atoms with Gasteiger partial charge in [0.25, 0.3) is 0 Å². The van der Waals surface area contributed by atoms with E-state index in [4.69, 9.17) is 0 Å². The van der Waals surface area contributed by atoms with Gasteiger partial charge in [0.1, 0.15) is 0 Å². The molecule has 304 valence electrons. The molecular weight excluding hydrogens is 687 g/mol. The number of hydrogen-bond donors (Lipinski definition) is 0. The van der Waals surface area contributed by atoms with Crippen molar-refractivity contribution in [3.05, 3.63) is 0 Å². The van der Waals surface area contributed by atoms with Crippen LogP contribution in [0.15, 0.2) is 0 Å². The Morgan fingerprint density at radius 3 is 0.440 bits per heavy atom. The zero-order valence-corrected chi connectivity index (χ0v) is 38.4. The van der Waals surface area contributed by atoms with Crippen molar-refractivity contribution in [2.45, 2.75) is 283 Å². The van der Waals surface area contributed by atoms with Crippen LogP contribution in [-0.4, -0.2) is 26.2 Å². The first-order valence-corrected chi connectivity index (χ1v) is 27.2. The average molecular weight is 788 g/mol. The molecule has 0 fully saturated rings. The van der Waals surface area contributed by atoms with Crippen LogP contribution in [0.2, 0.25) is 0 Å². The molecule has 0 aliphatic rings.